The summed E-state index contributed by atoms with van der Waals surface area (Å²) in [7, 11) is -2.17. The Bertz CT molecular complexity index is 1210. The number of rotatable bonds is 6. The van der Waals surface area contributed by atoms with Gasteiger partial charge in [-0.25, -0.2) is 23.4 Å². The van der Waals surface area contributed by atoms with Gasteiger partial charge >= 0.3 is 0 Å². The molecule has 3 heterocycles. The van der Waals surface area contributed by atoms with Gasteiger partial charge in [-0.2, -0.15) is 4.31 Å². The summed E-state index contributed by atoms with van der Waals surface area (Å²) >= 11 is 0. The molecule has 0 atom stereocenters. The van der Waals surface area contributed by atoms with E-state index in [1.807, 2.05) is 32.0 Å². The summed E-state index contributed by atoms with van der Waals surface area (Å²) < 4.78 is 33.0. The molecule has 1 aliphatic heterocycles. The van der Waals surface area contributed by atoms with E-state index >= 15 is 0 Å². The first-order valence-electron chi connectivity index (χ1n) is 10.3. The molecule has 2 aromatic heterocycles. The standard InChI is InChI=1S/C22H26N6O3S/c1-16-8-9-23-20(14-16)26-21-15-22(25-17(2)24-21)27-10-12-28(13-11-27)32(29,30)19-7-5-4-6-18(19)31-3/h4-9,14-15H,10-13H2,1-3H3,(H,23,24,25,26). The Labute approximate surface area is 188 Å². The molecule has 32 heavy (non-hydrogen) atoms. The number of hydrogen-bond acceptors (Lipinski definition) is 8. The zero-order valence-electron chi connectivity index (χ0n) is 18.3. The van der Waals surface area contributed by atoms with E-state index < -0.39 is 10.0 Å². The van der Waals surface area contributed by atoms with Crippen molar-refractivity contribution < 1.29 is 13.2 Å². The van der Waals surface area contributed by atoms with Crippen LogP contribution in [-0.2, 0) is 10.0 Å². The molecule has 3 aromatic rings. The maximum Gasteiger partial charge on any atom is 0.246 e. The van der Waals surface area contributed by atoms with E-state index in [0.29, 0.717) is 49.4 Å². The number of benzene rings is 1. The number of sulfonamides is 1. The topological polar surface area (TPSA) is 101 Å². The summed E-state index contributed by atoms with van der Waals surface area (Å²) in [5.74, 6) is 3.09. The predicted molar refractivity (Wildman–Crippen MR) is 123 cm³/mol. The van der Waals surface area contributed by atoms with Gasteiger partial charge in [-0.3, -0.25) is 0 Å². The Hall–Kier alpha value is -3.24. The lowest BCUT2D eigenvalue weighted by Gasteiger charge is -2.35. The van der Waals surface area contributed by atoms with Gasteiger partial charge < -0.3 is 15.0 Å². The van der Waals surface area contributed by atoms with Gasteiger partial charge in [0.2, 0.25) is 10.0 Å². The number of aromatic nitrogens is 3. The first kappa shape index (κ1) is 22.0. The van der Waals surface area contributed by atoms with E-state index in [0.717, 1.165) is 11.4 Å². The van der Waals surface area contributed by atoms with E-state index in [-0.39, 0.29) is 4.90 Å². The third-order valence-electron chi connectivity index (χ3n) is 5.25. The predicted octanol–water partition coefficient (Wildman–Crippen LogP) is 2.75. The van der Waals surface area contributed by atoms with Crippen LogP contribution in [0.4, 0.5) is 17.5 Å². The van der Waals surface area contributed by atoms with Crippen molar-refractivity contribution in [3.63, 3.8) is 0 Å². The quantitative estimate of drug-likeness (QED) is 0.607. The highest BCUT2D eigenvalue weighted by molar-refractivity contribution is 7.89. The molecule has 1 aromatic carbocycles. The number of para-hydroxylation sites is 1. The zero-order chi connectivity index (χ0) is 22.7. The smallest absolute Gasteiger partial charge is 0.246 e. The highest BCUT2D eigenvalue weighted by atomic mass is 32.2. The summed E-state index contributed by atoms with van der Waals surface area (Å²) in [4.78, 5) is 15.6. The number of nitrogens with one attached hydrogen (secondary N) is 1. The molecule has 1 aliphatic rings. The lowest BCUT2D eigenvalue weighted by atomic mass is 10.3. The molecule has 1 fully saturated rings. The van der Waals surface area contributed by atoms with Crippen LogP contribution in [0.1, 0.15) is 11.4 Å². The normalized spacial score (nSPS) is 14.9. The largest absolute Gasteiger partial charge is 0.495 e. The molecule has 1 N–H and O–H groups in total. The zero-order valence-corrected chi connectivity index (χ0v) is 19.1. The number of methoxy groups -OCH3 is 1. The highest BCUT2D eigenvalue weighted by Gasteiger charge is 2.31. The molecule has 0 aliphatic carbocycles. The lowest BCUT2D eigenvalue weighted by molar-refractivity contribution is 0.373. The molecule has 0 bridgehead atoms. The van der Waals surface area contributed by atoms with Crippen LogP contribution in [0.2, 0.25) is 0 Å². The number of aryl methyl sites for hydroxylation is 2. The highest BCUT2D eigenvalue weighted by Crippen LogP contribution is 2.28. The SMILES string of the molecule is COc1ccccc1S(=O)(=O)N1CCN(c2cc(Nc3cc(C)ccn3)nc(C)n2)CC1. The third-order valence-corrected chi connectivity index (χ3v) is 7.18. The van der Waals surface area contributed by atoms with Crippen molar-refractivity contribution in [2.75, 3.05) is 43.5 Å². The fourth-order valence-corrected chi connectivity index (χ4v) is 5.22. The molecule has 4 rings (SSSR count). The van der Waals surface area contributed by atoms with Crippen LogP contribution in [0.15, 0.2) is 53.6 Å². The van der Waals surface area contributed by atoms with Gasteiger partial charge in [0.05, 0.1) is 7.11 Å². The summed E-state index contributed by atoms with van der Waals surface area (Å²) in [5, 5.41) is 3.22. The van der Waals surface area contributed by atoms with Crippen molar-refractivity contribution in [2.24, 2.45) is 0 Å². The molecule has 10 heteroatoms. The summed E-state index contributed by atoms with van der Waals surface area (Å²) in [6.45, 7) is 5.58. The average molecular weight is 455 g/mol. The molecule has 0 radical (unpaired) electrons. The Morgan fingerprint density at radius 3 is 2.44 bits per heavy atom. The molecule has 0 spiro atoms. The van der Waals surface area contributed by atoms with Gasteiger partial charge in [-0.1, -0.05) is 12.1 Å². The van der Waals surface area contributed by atoms with E-state index in [1.54, 1.807) is 30.5 Å². The maximum atomic E-state index is 13.1. The number of ether oxygens (including phenoxy) is 1. The second kappa shape index (κ2) is 9.09. The van der Waals surface area contributed by atoms with Gasteiger partial charge in [0, 0.05) is 38.4 Å². The second-order valence-electron chi connectivity index (χ2n) is 7.54. The number of hydrogen-bond donors (Lipinski definition) is 1. The molecule has 9 nitrogen and oxygen atoms in total. The molecule has 0 amide bonds. The monoisotopic (exact) mass is 454 g/mol. The van der Waals surface area contributed by atoms with Crippen molar-refractivity contribution in [3.8, 4) is 5.75 Å². The molecule has 1 saturated heterocycles. The van der Waals surface area contributed by atoms with Crippen molar-refractivity contribution in [1.82, 2.24) is 19.3 Å². The van der Waals surface area contributed by atoms with Crippen LogP contribution >= 0.6 is 0 Å². The van der Waals surface area contributed by atoms with Crippen molar-refractivity contribution in [1.29, 1.82) is 0 Å². The van der Waals surface area contributed by atoms with Crippen LogP contribution in [0.5, 0.6) is 5.75 Å². The Balaban J connectivity index is 1.49. The fraction of sp³-hybridized carbons (Fsp3) is 0.318. The Morgan fingerprint density at radius 1 is 0.969 bits per heavy atom. The van der Waals surface area contributed by atoms with E-state index in [9.17, 15) is 8.42 Å². The van der Waals surface area contributed by atoms with Crippen LogP contribution in [-0.4, -0.2) is 61.0 Å². The molecule has 0 saturated carbocycles. The van der Waals surface area contributed by atoms with E-state index in [1.165, 1.54) is 11.4 Å². The fourth-order valence-electron chi connectivity index (χ4n) is 3.64. The lowest BCUT2D eigenvalue weighted by Crippen LogP contribution is -2.49. The van der Waals surface area contributed by atoms with Gasteiger partial charge in [-0.15, -0.1) is 0 Å². The van der Waals surface area contributed by atoms with Crippen molar-refractivity contribution in [3.05, 3.63) is 60.0 Å². The van der Waals surface area contributed by atoms with Gasteiger partial charge in [-0.05, 0) is 43.7 Å². The Morgan fingerprint density at radius 2 is 1.72 bits per heavy atom. The first-order chi connectivity index (χ1) is 15.4. The second-order valence-corrected chi connectivity index (χ2v) is 9.45. The number of pyridine rings is 1. The van der Waals surface area contributed by atoms with Crippen LogP contribution in [0.25, 0.3) is 0 Å². The van der Waals surface area contributed by atoms with Gasteiger partial charge in [0.25, 0.3) is 0 Å². The minimum atomic E-state index is -3.64. The number of nitrogens with zero attached hydrogens (tertiary/aromatic N) is 5. The minimum absolute atomic E-state index is 0.186. The average Bonchev–Trinajstić information content (AvgIpc) is 2.79. The third kappa shape index (κ3) is 4.66. The minimum Gasteiger partial charge on any atom is -0.495 e. The summed E-state index contributed by atoms with van der Waals surface area (Å²) in [6.07, 6.45) is 1.74. The van der Waals surface area contributed by atoms with Gasteiger partial charge in [0.1, 0.15) is 33.9 Å². The number of anilines is 3. The molecule has 0 unspecified atom stereocenters. The first-order valence-corrected chi connectivity index (χ1v) is 11.7. The van der Waals surface area contributed by atoms with E-state index in [4.69, 9.17) is 4.74 Å². The Kier molecular flexibility index (Phi) is 6.24. The molecular weight excluding hydrogens is 428 g/mol. The molecular formula is C22H26N6O3S. The van der Waals surface area contributed by atoms with Gasteiger partial charge in [0.15, 0.2) is 0 Å². The van der Waals surface area contributed by atoms with Crippen molar-refractivity contribution >= 4 is 27.5 Å². The maximum absolute atomic E-state index is 13.1. The van der Waals surface area contributed by atoms with Crippen LogP contribution in [0, 0.1) is 13.8 Å². The van der Waals surface area contributed by atoms with E-state index in [2.05, 4.69) is 25.2 Å². The van der Waals surface area contributed by atoms with Crippen LogP contribution in [0.3, 0.4) is 0 Å². The van der Waals surface area contributed by atoms with Crippen LogP contribution < -0.4 is 15.0 Å². The van der Waals surface area contributed by atoms with Crippen molar-refractivity contribution in [2.45, 2.75) is 18.7 Å². The molecule has 168 valence electrons. The summed E-state index contributed by atoms with van der Waals surface area (Å²) in [5.41, 5.74) is 1.10. The summed E-state index contributed by atoms with van der Waals surface area (Å²) in [6, 6.07) is 12.4. The number of piperazine rings is 1.